The second kappa shape index (κ2) is 4.60. The summed E-state index contributed by atoms with van der Waals surface area (Å²) in [5, 5.41) is 1.96. The second-order valence-electron chi connectivity index (χ2n) is 3.96. The van der Waals surface area contributed by atoms with E-state index in [0.717, 1.165) is 12.8 Å². The summed E-state index contributed by atoms with van der Waals surface area (Å²) >= 11 is 0. The fourth-order valence-electron chi connectivity index (χ4n) is 2.10. The zero-order valence-corrected chi connectivity index (χ0v) is 9.10. The average molecular weight is 203 g/mol. The molecule has 1 fully saturated rings. The molecule has 0 unspecified atom stereocenters. The molecule has 1 aromatic rings. The Hall–Kier alpha value is -1.12. The van der Waals surface area contributed by atoms with Crippen LogP contribution in [-0.4, -0.2) is 18.2 Å². The molecule has 0 saturated carbocycles. The van der Waals surface area contributed by atoms with Crippen LogP contribution in [0, 0.1) is 0 Å². The van der Waals surface area contributed by atoms with Crippen LogP contribution in [0.2, 0.25) is 0 Å². The highest BCUT2D eigenvalue weighted by Gasteiger charge is 2.30. The van der Waals surface area contributed by atoms with E-state index in [1.165, 1.54) is 5.56 Å². The van der Waals surface area contributed by atoms with Crippen molar-refractivity contribution >= 4 is 0 Å². The maximum atomic E-state index is 5.73. The highest BCUT2D eigenvalue weighted by Crippen LogP contribution is 2.33. The van der Waals surface area contributed by atoms with Crippen molar-refractivity contribution in [2.75, 3.05) is 7.05 Å². The van der Waals surface area contributed by atoms with Gasteiger partial charge in [-0.3, -0.25) is 4.84 Å². The van der Waals surface area contributed by atoms with Gasteiger partial charge >= 0.3 is 0 Å². The third-order valence-corrected chi connectivity index (χ3v) is 2.85. The summed E-state index contributed by atoms with van der Waals surface area (Å²) in [6, 6.07) is 10.9. The molecular weight excluding hydrogens is 186 g/mol. The van der Waals surface area contributed by atoms with E-state index in [4.69, 9.17) is 4.84 Å². The van der Waals surface area contributed by atoms with Crippen molar-refractivity contribution in [3.8, 4) is 0 Å². The van der Waals surface area contributed by atoms with Gasteiger partial charge in [0.15, 0.2) is 0 Å². The van der Waals surface area contributed by atoms with Gasteiger partial charge in [0.05, 0.1) is 12.1 Å². The van der Waals surface area contributed by atoms with Gasteiger partial charge in [-0.25, -0.2) is 0 Å². The van der Waals surface area contributed by atoms with E-state index in [1.54, 1.807) is 0 Å². The molecule has 2 heteroatoms. The van der Waals surface area contributed by atoms with Crippen molar-refractivity contribution in [3.05, 3.63) is 48.6 Å². The van der Waals surface area contributed by atoms with Crippen LogP contribution in [0.1, 0.15) is 24.4 Å². The zero-order chi connectivity index (χ0) is 10.7. The molecule has 1 aliphatic heterocycles. The lowest BCUT2D eigenvalue weighted by atomic mass is 10.0. The molecule has 0 radical (unpaired) electrons. The number of benzene rings is 1. The van der Waals surface area contributed by atoms with E-state index in [1.807, 2.05) is 24.3 Å². The van der Waals surface area contributed by atoms with Gasteiger partial charge in [0, 0.05) is 7.05 Å². The first-order valence-corrected chi connectivity index (χ1v) is 5.36. The topological polar surface area (TPSA) is 12.5 Å². The predicted octanol–water partition coefficient (Wildman–Crippen LogP) is 2.94. The number of hydrogen-bond donors (Lipinski definition) is 0. The molecule has 0 aromatic heterocycles. The Morgan fingerprint density at radius 1 is 1.47 bits per heavy atom. The summed E-state index contributed by atoms with van der Waals surface area (Å²) in [7, 11) is 2.00. The van der Waals surface area contributed by atoms with Gasteiger partial charge < -0.3 is 0 Å². The summed E-state index contributed by atoms with van der Waals surface area (Å²) in [6.07, 6.45) is 4.18. The normalized spacial score (nSPS) is 26.7. The van der Waals surface area contributed by atoms with Crippen LogP contribution < -0.4 is 0 Å². The van der Waals surface area contributed by atoms with Crippen LogP contribution in [0.5, 0.6) is 0 Å². The van der Waals surface area contributed by atoms with Gasteiger partial charge in [-0.1, -0.05) is 36.4 Å². The minimum Gasteiger partial charge on any atom is -0.295 e. The van der Waals surface area contributed by atoms with Crippen molar-refractivity contribution in [1.29, 1.82) is 0 Å². The lowest BCUT2D eigenvalue weighted by Crippen LogP contribution is -2.16. The van der Waals surface area contributed by atoms with Gasteiger partial charge in [-0.2, -0.15) is 5.06 Å². The summed E-state index contributed by atoms with van der Waals surface area (Å²) in [4.78, 5) is 5.73. The first-order valence-electron chi connectivity index (χ1n) is 5.36. The third-order valence-electron chi connectivity index (χ3n) is 2.85. The van der Waals surface area contributed by atoms with Crippen molar-refractivity contribution < 1.29 is 4.84 Å². The zero-order valence-electron chi connectivity index (χ0n) is 9.10. The lowest BCUT2D eigenvalue weighted by Gasteiger charge is -2.17. The summed E-state index contributed by atoms with van der Waals surface area (Å²) in [6.45, 7) is 3.75. The second-order valence-corrected chi connectivity index (χ2v) is 3.96. The monoisotopic (exact) mass is 203 g/mol. The summed E-state index contributed by atoms with van der Waals surface area (Å²) in [5.74, 6) is 0. The fraction of sp³-hybridized carbons (Fsp3) is 0.385. The molecule has 15 heavy (non-hydrogen) atoms. The Bertz CT molecular complexity index is 323. The maximum Gasteiger partial charge on any atom is 0.0846 e. The molecule has 0 spiro atoms. The van der Waals surface area contributed by atoms with Crippen LogP contribution in [0.3, 0.4) is 0 Å². The summed E-state index contributed by atoms with van der Waals surface area (Å²) < 4.78 is 0. The molecule has 2 atom stereocenters. The minimum atomic E-state index is 0.290. The standard InChI is InChI=1S/C13H17NO/c1-3-7-12-10-13(14(2)15-12)11-8-5-4-6-9-11/h3-6,8-9,12-13H,1,7,10H2,2H3/t12-,13+/m0/s1. The van der Waals surface area contributed by atoms with Gasteiger partial charge in [0.1, 0.15) is 0 Å². The number of hydrogen-bond acceptors (Lipinski definition) is 2. The molecule has 0 aliphatic carbocycles. The predicted molar refractivity (Wildman–Crippen MR) is 61.3 cm³/mol. The SMILES string of the molecule is C=CC[C@H]1C[C@H](c2ccccc2)N(C)O1. The number of hydroxylamine groups is 2. The Kier molecular flexibility index (Phi) is 3.19. The smallest absolute Gasteiger partial charge is 0.0846 e. The fourth-order valence-corrected chi connectivity index (χ4v) is 2.10. The van der Waals surface area contributed by atoms with Crippen molar-refractivity contribution in [1.82, 2.24) is 5.06 Å². The summed E-state index contributed by atoms with van der Waals surface area (Å²) in [5.41, 5.74) is 1.33. The van der Waals surface area contributed by atoms with E-state index >= 15 is 0 Å². The van der Waals surface area contributed by atoms with Crippen LogP contribution >= 0.6 is 0 Å². The lowest BCUT2D eigenvalue weighted by molar-refractivity contribution is -0.142. The number of rotatable bonds is 3. The molecule has 1 aliphatic rings. The molecule has 0 amide bonds. The maximum absolute atomic E-state index is 5.73. The van der Waals surface area contributed by atoms with E-state index in [2.05, 4.69) is 30.8 Å². The molecule has 80 valence electrons. The Morgan fingerprint density at radius 3 is 2.87 bits per heavy atom. The first-order chi connectivity index (χ1) is 7.31. The van der Waals surface area contributed by atoms with E-state index in [0.29, 0.717) is 6.04 Å². The van der Waals surface area contributed by atoms with Crippen LogP contribution in [0.4, 0.5) is 0 Å². The molecule has 1 heterocycles. The molecular formula is C13H17NO. The van der Waals surface area contributed by atoms with Gasteiger partial charge in [-0.05, 0) is 18.4 Å². The Morgan fingerprint density at radius 2 is 2.20 bits per heavy atom. The highest BCUT2D eigenvalue weighted by molar-refractivity contribution is 5.19. The molecule has 0 N–H and O–H groups in total. The third kappa shape index (κ3) is 2.28. The molecule has 1 aromatic carbocycles. The Labute approximate surface area is 91.1 Å². The van der Waals surface area contributed by atoms with E-state index < -0.39 is 0 Å². The van der Waals surface area contributed by atoms with Crippen LogP contribution in [-0.2, 0) is 4.84 Å². The first kappa shape index (κ1) is 10.4. The Balaban J connectivity index is 2.08. The largest absolute Gasteiger partial charge is 0.295 e. The minimum absolute atomic E-state index is 0.290. The highest BCUT2D eigenvalue weighted by atomic mass is 16.7. The average Bonchev–Trinajstić information content (AvgIpc) is 2.61. The number of nitrogens with zero attached hydrogens (tertiary/aromatic N) is 1. The van der Waals surface area contributed by atoms with Gasteiger partial charge in [-0.15, -0.1) is 6.58 Å². The van der Waals surface area contributed by atoms with E-state index in [-0.39, 0.29) is 6.10 Å². The van der Waals surface area contributed by atoms with Crippen molar-refractivity contribution in [2.24, 2.45) is 0 Å². The molecule has 0 bridgehead atoms. The van der Waals surface area contributed by atoms with Crippen molar-refractivity contribution in [2.45, 2.75) is 25.0 Å². The van der Waals surface area contributed by atoms with Gasteiger partial charge in [0.2, 0.25) is 0 Å². The quantitative estimate of drug-likeness (QED) is 0.700. The van der Waals surface area contributed by atoms with E-state index in [9.17, 15) is 0 Å². The van der Waals surface area contributed by atoms with Crippen LogP contribution in [0.25, 0.3) is 0 Å². The molecule has 2 nitrogen and oxygen atoms in total. The molecule has 1 saturated heterocycles. The molecule has 2 rings (SSSR count). The van der Waals surface area contributed by atoms with Gasteiger partial charge in [0.25, 0.3) is 0 Å². The van der Waals surface area contributed by atoms with Crippen LogP contribution in [0.15, 0.2) is 43.0 Å². The van der Waals surface area contributed by atoms with Crippen molar-refractivity contribution in [3.63, 3.8) is 0 Å².